The summed E-state index contributed by atoms with van der Waals surface area (Å²) < 4.78 is 0. The van der Waals surface area contributed by atoms with Crippen LogP contribution in [0.15, 0.2) is 42.5 Å². The van der Waals surface area contributed by atoms with Crippen LogP contribution in [0.25, 0.3) is 0 Å². The lowest BCUT2D eigenvalue weighted by molar-refractivity contribution is -0.384. The number of carbonyl (C=O) groups excluding carboxylic acids is 1. The molecular formula is C15H11ClN2O5. The van der Waals surface area contributed by atoms with Gasteiger partial charge in [0.25, 0.3) is 5.69 Å². The van der Waals surface area contributed by atoms with Crippen LogP contribution >= 0.6 is 11.6 Å². The molecule has 0 bridgehead atoms. The third-order valence-electron chi connectivity index (χ3n) is 3.00. The highest BCUT2D eigenvalue weighted by Crippen LogP contribution is 2.21. The average Bonchev–Trinajstić information content (AvgIpc) is 2.47. The summed E-state index contributed by atoms with van der Waals surface area (Å²) in [4.78, 5) is 32.8. The summed E-state index contributed by atoms with van der Waals surface area (Å²) in [6.45, 7) is 0. The largest absolute Gasteiger partial charge is 0.478 e. The van der Waals surface area contributed by atoms with Gasteiger partial charge in [-0.15, -0.1) is 0 Å². The first-order chi connectivity index (χ1) is 10.9. The number of nitrogens with zero attached hydrogens (tertiary/aromatic N) is 1. The fourth-order valence-electron chi connectivity index (χ4n) is 1.89. The molecule has 0 aliphatic carbocycles. The van der Waals surface area contributed by atoms with E-state index in [9.17, 15) is 19.7 Å². The quantitative estimate of drug-likeness (QED) is 0.644. The molecule has 0 aromatic heterocycles. The lowest BCUT2D eigenvalue weighted by atomic mass is 10.1. The van der Waals surface area contributed by atoms with E-state index in [1.54, 1.807) is 0 Å². The van der Waals surface area contributed by atoms with Gasteiger partial charge in [-0.2, -0.15) is 0 Å². The number of hydrogen-bond acceptors (Lipinski definition) is 4. The van der Waals surface area contributed by atoms with Gasteiger partial charge in [-0.25, -0.2) is 4.79 Å². The van der Waals surface area contributed by atoms with E-state index in [4.69, 9.17) is 16.7 Å². The topological polar surface area (TPSA) is 110 Å². The Hall–Kier alpha value is -2.93. The second-order valence-electron chi connectivity index (χ2n) is 4.65. The van der Waals surface area contributed by atoms with Gasteiger partial charge in [-0.3, -0.25) is 14.9 Å². The molecule has 0 saturated heterocycles. The highest BCUT2D eigenvalue weighted by atomic mass is 35.5. The van der Waals surface area contributed by atoms with E-state index in [-0.39, 0.29) is 28.6 Å². The third kappa shape index (κ3) is 4.27. The summed E-state index contributed by atoms with van der Waals surface area (Å²) in [5.41, 5.74) is 0.874. The SMILES string of the molecule is O=C(Cc1ccc([N+](=O)[O-])cc1)Nc1ccc(C(=O)O)c(Cl)c1. The lowest BCUT2D eigenvalue weighted by Crippen LogP contribution is -2.14. The van der Waals surface area contributed by atoms with Crippen LogP contribution in [0, 0.1) is 10.1 Å². The van der Waals surface area contributed by atoms with Crippen molar-refractivity contribution in [1.82, 2.24) is 0 Å². The Labute approximate surface area is 135 Å². The second-order valence-corrected chi connectivity index (χ2v) is 5.06. The number of halogens is 1. The van der Waals surface area contributed by atoms with Crippen molar-refractivity contribution in [1.29, 1.82) is 0 Å². The Balaban J connectivity index is 2.03. The minimum atomic E-state index is -1.15. The molecule has 0 atom stereocenters. The maximum atomic E-state index is 11.9. The van der Waals surface area contributed by atoms with E-state index in [0.717, 1.165) is 0 Å². The second kappa shape index (κ2) is 6.89. The van der Waals surface area contributed by atoms with Crippen molar-refractivity contribution in [3.05, 3.63) is 68.7 Å². The number of nitro benzene ring substituents is 1. The van der Waals surface area contributed by atoms with Crippen molar-refractivity contribution in [2.75, 3.05) is 5.32 Å². The molecular weight excluding hydrogens is 324 g/mol. The van der Waals surface area contributed by atoms with Crippen molar-refractivity contribution >= 4 is 34.9 Å². The van der Waals surface area contributed by atoms with Crippen LogP contribution < -0.4 is 5.32 Å². The Morgan fingerprint density at radius 2 is 1.83 bits per heavy atom. The molecule has 0 aliphatic heterocycles. The molecule has 8 heteroatoms. The highest BCUT2D eigenvalue weighted by molar-refractivity contribution is 6.33. The number of anilines is 1. The number of carbonyl (C=O) groups is 2. The predicted octanol–water partition coefficient (Wildman–Crippen LogP) is 3.13. The third-order valence-corrected chi connectivity index (χ3v) is 3.31. The molecule has 1 amide bonds. The summed E-state index contributed by atoms with van der Waals surface area (Å²) in [7, 11) is 0. The Kier molecular flexibility index (Phi) is 4.92. The molecule has 2 rings (SSSR count). The minimum absolute atomic E-state index is 0.0191. The van der Waals surface area contributed by atoms with Crippen molar-refractivity contribution in [2.24, 2.45) is 0 Å². The van der Waals surface area contributed by atoms with E-state index in [1.165, 1.54) is 42.5 Å². The molecule has 7 nitrogen and oxygen atoms in total. The summed E-state index contributed by atoms with van der Waals surface area (Å²) in [5, 5.41) is 22.0. The number of benzene rings is 2. The molecule has 23 heavy (non-hydrogen) atoms. The first-order valence-electron chi connectivity index (χ1n) is 6.43. The molecule has 0 radical (unpaired) electrons. The van der Waals surface area contributed by atoms with Crippen LogP contribution in [-0.4, -0.2) is 21.9 Å². The zero-order chi connectivity index (χ0) is 17.0. The number of carboxylic acid groups (broad SMARTS) is 1. The van der Waals surface area contributed by atoms with Crippen molar-refractivity contribution in [3.8, 4) is 0 Å². The highest BCUT2D eigenvalue weighted by Gasteiger charge is 2.11. The van der Waals surface area contributed by atoms with Gasteiger partial charge in [0.05, 0.1) is 21.9 Å². The molecule has 2 aromatic rings. The van der Waals surface area contributed by atoms with Crippen LogP contribution in [0.1, 0.15) is 15.9 Å². The fraction of sp³-hybridized carbons (Fsp3) is 0.0667. The Bertz CT molecular complexity index is 774. The average molecular weight is 335 g/mol. The fourth-order valence-corrected chi connectivity index (χ4v) is 2.15. The Morgan fingerprint density at radius 3 is 2.35 bits per heavy atom. The van der Waals surface area contributed by atoms with E-state index < -0.39 is 10.9 Å². The molecule has 0 fully saturated rings. The summed E-state index contributed by atoms with van der Waals surface area (Å²) in [5.74, 6) is -1.50. The van der Waals surface area contributed by atoms with Crippen LogP contribution in [0.3, 0.4) is 0 Å². The van der Waals surface area contributed by atoms with Gasteiger partial charge in [0.2, 0.25) is 5.91 Å². The normalized spacial score (nSPS) is 10.1. The number of carboxylic acids is 1. The first kappa shape index (κ1) is 16.4. The maximum absolute atomic E-state index is 11.9. The summed E-state index contributed by atoms with van der Waals surface area (Å²) in [6.07, 6.45) is 0.0241. The number of rotatable bonds is 5. The van der Waals surface area contributed by atoms with Crippen LogP contribution in [0.5, 0.6) is 0 Å². The standard InChI is InChI=1S/C15H11ClN2O5/c16-13-8-10(3-6-12(13)15(20)21)17-14(19)7-9-1-4-11(5-2-9)18(22)23/h1-6,8H,7H2,(H,17,19)(H,20,21). The number of amides is 1. The van der Waals surface area contributed by atoms with E-state index >= 15 is 0 Å². The molecule has 0 spiro atoms. The van der Waals surface area contributed by atoms with Gasteiger partial charge in [0.1, 0.15) is 0 Å². The summed E-state index contributed by atoms with van der Waals surface area (Å²) >= 11 is 5.82. The van der Waals surface area contributed by atoms with E-state index in [2.05, 4.69) is 5.32 Å². The lowest BCUT2D eigenvalue weighted by Gasteiger charge is -2.07. The molecule has 0 aliphatic rings. The zero-order valence-corrected chi connectivity index (χ0v) is 12.4. The van der Waals surface area contributed by atoms with Gasteiger partial charge in [0, 0.05) is 17.8 Å². The number of nitro groups is 1. The Morgan fingerprint density at radius 1 is 1.17 bits per heavy atom. The van der Waals surface area contributed by atoms with E-state index in [1.807, 2.05) is 0 Å². The molecule has 2 N–H and O–H groups in total. The summed E-state index contributed by atoms with van der Waals surface area (Å²) in [6, 6.07) is 9.71. The maximum Gasteiger partial charge on any atom is 0.337 e. The molecule has 2 aromatic carbocycles. The van der Waals surface area contributed by atoms with Crippen molar-refractivity contribution in [2.45, 2.75) is 6.42 Å². The van der Waals surface area contributed by atoms with E-state index in [0.29, 0.717) is 11.3 Å². The number of hydrogen-bond donors (Lipinski definition) is 2. The minimum Gasteiger partial charge on any atom is -0.478 e. The van der Waals surface area contributed by atoms with Crippen LogP contribution in [-0.2, 0) is 11.2 Å². The molecule has 0 heterocycles. The number of nitrogens with one attached hydrogen (secondary N) is 1. The zero-order valence-electron chi connectivity index (χ0n) is 11.7. The smallest absolute Gasteiger partial charge is 0.337 e. The van der Waals surface area contributed by atoms with Gasteiger partial charge < -0.3 is 10.4 Å². The number of aromatic carboxylic acids is 1. The molecule has 118 valence electrons. The van der Waals surface area contributed by atoms with Gasteiger partial charge >= 0.3 is 5.97 Å². The van der Waals surface area contributed by atoms with Gasteiger partial charge in [-0.05, 0) is 23.8 Å². The molecule has 0 unspecified atom stereocenters. The monoisotopic (exact) mass is 334 g/mol. The number of non-ortho nitro benzene ring substituents is 1. The van der Waals surface area contributed by atoms with Crippen molar-refractivity contribution in [3.63, 3.8) is 0 Å². The predicted molar refractivity (Wildman–Crippen MR) is 83.8 cm³/mol. The molecule has 0 saturated carbocycles. The van der Waals surface area contributed by atoms with Crippen LogP contribution in [0.4, 0.5) is 11.4 Å². The van der Waals surface area contributed by atoms with Gasteiger partial charge in [0.15, 0.2) is 0 Å². The van der Waals surface area contributed by atoms with Gasteiger partial charge in [-0.1, -0.05) is 23.7 Å². The first-order valence-corrected chi connectivity index (χ1v) is 6.80. The van der Waals surface area contributed by atoms with Crippen LogP contribution in [0.2, 0.25) is 5.02 Å². The van der Waals surface area contributed by atoms with Crippen molar-refractivity contribution < 1.29 is 19.6 Å².